The zero-order valence-corrected chi connectivity index (χ0v) is 16.0. The molecule has 1 aromatic carbocycles. The number of carbonyl (C=O) groups excluding carboxylic acids is 2. The molecule has 0 bridgehead atoms. The van der Waals surface area contributed by atoms with E-state index in [4.69, 9.17) is 0 Å². The molecule has 0 saturated carbocycles. The molecule has 2 aliphatic rings. The highest BCUT2D eigenvalue weighted by Crippen LogP contribution is 2.36. The van der Waals surface area contributed by atoms with Crippen LogP contribution in [-0.4, -0.2) is 34.7 Å². The molecule has 0 radical (unpaired) electrons. The van der Waals surface area contributed by atoms with Crippen molar-refractivity contribution >= 4 is 28.7 Å². The molecular formula is C21H21FN2O2S. The largest absolute Gasteiger partial charge is 0.366 e. The third-order valence-electron chi connectivity index (χ3n) is 5.14. The maximum Gasteiger partial charge on any atom is 0.278 e. The number of hydrogen-bond acceptors (Lipinski definition) is 4. The third kappa shape index (κ3) is 3.41. The zero-order valence-electron chi connectivity index (χ0n) is 15.2. The minimum Gasteiger partial charge on any atom is -0.366 e. The molecule has 1 unspecified atom stereocenters. The van der Waals surface area contributed by atoms with Crippen LogP contribution >= 0.6 is 11.3 Å². The summed E-state index contributed by atoms with van der Waals surface area (Å²) in [4.78, 5) is 30.6. The summed E-state index contributed by atoms with van der Waals surface area (Å²) in [6, 6.07) is 9.70. The topological polar surface area (TPSA) is 40.6 Å². The molecule has 0 aliphatic carbocycles. The monoisotopic (exact) mass is 384 g/mol. The van der Waals surface area contributed by atoms with Gasteiger partial charge >= 0.3 is 0 Å². The first kappa shape index (κ1) is 17.9. The summed E-state index contributed by atoms with van der Waals surface area (Å²) >= 11 is 1.47. The Morgan fingerprint density at radius 3 is 2.59 bits per heavy atom. The van der Waals surface area contributed by atoms with Gasteiger partial charge < -0.3 is 4.90 Å². The van der Waals surface area contributed by atoms with Gasteiger partial charge in [0.25, 0.3) is 11.8 Å². The fraction of sp³-hybridized carbons (Fsp3) is 0.333. The summed E-state index contributed by atoms with van der Waals surface area (Å²) in [5, 5.41) is 1.92. The van der Waals surface area contributed by atoms with E-state index in [0.717, 1.165) is 36.4 Å². The van der Waals surface area contributed by atoms with Crippen molar-refractivity contribution in [3.05, 3.63) is 63.7 Å². The maximum atomic E-state index is 13.2. The van der Waals surface area contributed by atoms with E-state index in [2.05, 4.69) is 11.8 Å². The number of hydrogen-bond donors (Lipinski definition) is 0. The number of piperidine rings is 1. The summed E-state index contributed by atoms with van der Waals surface area (Å²) in [5.74, 6) is -0.357. The highest BCUT2D eigenvalue weighted by Gasteiger charge is 2.42. The van der Waals surface area contributed by atoms with Gasteiger partial charge in [-0.3, -0.25) is 14.5 Å². The highest BCUT2D eigenvalue weighted by molar-refractivity contribution is 7.11. The standard InChI is InChI=1S/C21H21FN2O2S/c1-14-4-2-10-23(12-14)19-18(17-5-3-11-27-17)20(25)24(21(19)26)13-15-6-8-16(22)9-7-15/h3,5-9,11,14H,2,4,10,12-13H2,1H3. The average molecular weight is 384 g/mol. The number of halogens is 1. The first-order chi connectivity index (χ1) is 13.0. The van der Waals surface area contributed by atoms with Gasteiger partial charge in [0, 0.05) is 18.0 Å². The number of carbonyl (C=O) groups is 2. The van der Waals surface area contributed by atoms with Gasteiger partial charge in [-0.05, 0) is 47.9 Å². The van der Waals surface area contributed by atoms with E-state index in [1.807, 2.05) is 17.5 Å². The van der Waals surface area contributed by atoms with Crippen LogP contribution in [0.15, 0.2) is 47.5 Å². The summed E-state index contributed by atoms with van der Waals surface area (Å²) in [6.45, 7) is 3.90. The second kappa shape index (κ2) is 7.27. The van der Waals surface area contributed by atoms with Gasteiger partial charge in [-0.15, -0.1) is 11.3 Å². The van der Waals surface area contributed by atoms with Crippen molar-refractivity contribution in [2.45, 2.75) is 26.3 Å². The lowest BCUT2D eigenvalue weighted by Gasteiger charge is -2.33. The van der Waals surface area contributed by atoms with Crippen LogP contribution in [0.3, 0.4) is 0 Å². The van der Waals surface area contributed by atoms with Gasteiger partial charge in [-0.25, -0.2) is 4.39 Å². The Morgan fingerprint density at radius 1 is 1.15 bits per heavy atom. The number of benzene rings is 1. The van der Waals surface area contributed by atoms with E-state index >= 15 is 0 Å². The van der Waals surface area contributed by atoms with Crippen molar-refractivity contribution in [2.75, 3.05) is 13.1 Å². The average Bonchev–Trinajstić information content (AvgIpc) is 3.25. The van der Waals surface area contributed by atoms with Gasteiger partial charge in [0.05, 0.1) is 12.1 Å². The van der Waals surface area contributed by atoms with Crippen LogP contribution in [0.4, 0.5) is 4.39 Å². The normalized spacial score (nSPS) is 20.7. The Morgan fingerprint density at radius 2 is 1.93 bits per heavy atom. The molecule has 4 nitrogen and oxygen atoms in total. The fourth-order valence-electron chi connectivity index (χ4n) is 3.81. The molecule has 1 aromatic heterocycles. The van der Waals surface area contributed by atoms with Gasteiger partial charge in [0.15, 0.2) is 0 Å². The van der Waals surface area contributed by atoms with Crippen molar-refractivity contribution in [1.29, 1.82) is 0 Å². The second-order valence-electron chi connectivity index (χ2n) is 7.22. The van der Waals surface area contributed by atoms with Crippen LogP contribution in [0.5, 0.6) is 0 Å². The lowest BCUT2D eigenvalue weighted by molar-refractivity contribution is -0.138. The molecule has 1 fully saturated rings. The lowest BCUT2D eigenvalue weighted by atomic mass is 9.99. The van der Waals surface area contributed by atoms with Crippen molar-refractivity contribution in [2.24, 2.45) is 5.92 Å². The van der Waals surface area contributed by atoms with Crippen LogP contribution in [-0.2, 0) is 16.1 Å². The van der Waals surface area contributed by atoms with Gasteiger partial charge in [0.2, 0.25) is 0 Å². The predicted octanol–water partition coefficient (Wildman–Crippen LogP) is 3.90. The third-order valence-corrected chi connectivity index (χ3v) is 6.03. The molecule has 140 valence electrons. The Kier molecular flexibility index (Phi) is 4.83. The van der Waals surface area contributed by atoms with Crippen LogP contribution < -0.4 is 0 Å². The van der Waals surface area contributed by atoms with Crippen LogP contribution in [0.25, 0.3) is 5.57 Å². The molecular weight excluding hydrogens is 363 g/mol. The number of amides is 2. The first-order valence-electron chi connectivity index (χ1n) is 9.18. The van der Waals surface area contributed by atoms with Gasteiger partial charge in [-0.1, -0.05) is 25.1 Å². The highest BCUT2D eigenvalue weighted by atomic mass is 32.1. The molecule has 3 heterocycles. The van der Waals surface area contributed by atoms with Gasteiger partial charge in [0.1, 0.15) is 11.5 Å². The fourth-order valence-corrected chi connectivity index (χ4v) is 4.57. The van der Waals surface area contributed by atoms with Crippen LogP contribution in [0.2, 0.25) is 0 Å². The predicted molar refractivity (Wildman–Crippen MR) is 103 cm³/mol. The Labute approximate surface area is 161 Å². The summed E-state index contributed by atoms with van der Waals surface area (Å²) in [6.07, 6.45) is 2.15. The van der Waals surface area contributed by atoms with E-state index < -0.39 is 0 Å². The minimum atomic E-state index is -0.335. The summed E-state index contributed by atoms with van der Waals surface area (Å²) in [7, 11) is 0. The Hall–Kier alpha value is -2.47. The second-order valence-corrected chi connectivity index (χ2v) is 8.16. The number of likely N-dealkylation sites (tertiary alicyclic amines) is 1. The number of imide groups is 1. The lowest BCUT2D eigenvalue weighted by Crippen LogP contribution is -2.39. The molecule has 2 aromatic rings. The van der Waals surface area contributed by atoms with E-state index in [0.29, 0.717) is 17.2 Å². The van der Waals surface area contributed by atoms with Crippen LogP contribution in [0, 0.1) is 11.7 Å². The van der Waals surface area contributed by atoms with Crippen molar-refractivity contribution in [3.63, 3.8) is 0 Å². The van der Waals surface area contributed by atoms with Crippen molar-refractivity contribution in [1.82, 2.24) is 9.80 Å². The molecule has 4 rings (SSSR count). The molecule has 6 heteroatoms. The molecule has 27 heavy (non-hydrogen) atoms. The molecule has 0 N–H and O–H groups in total. The molecule has 2 amide bonds. The summed E-state index contributed by atoms with van der Waals surface area (Å²) < 4.78 is 13.2. The molecule has 1 saturated heterocycles. The van der Waals surface area contributed by atoms with Crippen molar-refractivity contribution < 1.29 is 14.0 Å². The zero-order chi connectivity index (χ0) is 19.0. The number of nitrogens with zero attached hydrogens (tertiary/aromatic N) is 2. The van der Waals surface area contributed by atoms with E-state index in [-0.39, 0.29) is 24.2 Å². The van der Waals surface area contributed by atoms with E-state index in [9.17, 15) is 14.0 Å². The van der Waals surface area contributed by atoms with Crippen molar-refractivity contribution in [3.8, 4) is 0 Å². The molecule has 2 aliphatic heterocycles. The van der Waals surface area contributed by atoms with E-state index in [1.165, 1.54) is 28.4 Å². The Bertz CT molecular complexity index is 889. The first-order valence-corrected chi connectivity index (χ1v) is 10.1. The SMILES string of the molecule is CC1CCCN(C2=C(c3cccs3)C(=O)N(Cc3ccc(F)cc3)C2=O)C1. The van der Waals surface area contributed by atoms with Crippen LogP contribution in [0.1, 0.15) is 30.2 Å². The molecule has 1 atom stereocenters. The quantitative estimate of drug-likeness (QED) is 0.751. The Balaban J connectivity index is 1.69. The smallest absolute Gasteiger partial charge is 0.278 e. The minimum absolute atomic E-state index is 0.152. The number of rotatable bonds is 4. The maximum absolute atomic E-state index is 13.2. The molecule has 0 spiro atoms. The summed E-state index contributed by atoms with van der Waals surface area (Å²) in [5.41, 5.74) is 1.76. The van der Waals surface area contributed by atoms with Gasteiger partial charge in [-0.2, -0.15) is 0 Å². The van der Waals surface area contributed by atoms with E-state index in [1.54, 1.807) is 12.1 Å². The number of thiophene rings is 1.